The molecule has 0 amide bonds. The van der Waals surface area contributed by atoms with Gasteiger partial charge in [-0.2, -0.15) is 0 Å². The lowest BCUT2D eigenvalue weighted by Crippen LogP contribution is -2.35. The topological polar surface area (TPSA) is 81.7 Å². The van der Waals surface area contributed by atoms with Gasteiger partial charge in [0.05, 0.1) is 0 Å². The van der Waals surface area contributed by atoms with Gasteiger partial charge in [-0.1, -0.05) is 36.9 Å². The van der Waals surface area contributed by atoms with Gasteiger partial charge < -0.3 is 14.8 Å². The van der Waals surface area contributed by atoms with Crippen LogP contribution in [-0.4, -0.2) is 31.5 Å². The van der Waals surface area contributed by atoms with E-state index in [1.54, 1.807) is 13.1 Å². The number of benzene rings is 1. The van der Waals surface area contributed by atoms with Crippen LogP contribution in [0.3, 0.4) is 0 Å². The van der Waals surface area contributed by atoms with Gasteiger partial charge in [0.2, 0.25) is 0 Å². The summed E-state index contributed by atoms with van der Waals surface area (Å²) in [6, 6.07) is 6.74. The summed E-state index contributed by atoms with van der Waals surface area (Å²) in [7, 11) is 1.54. The molecule has 1 aromatic rings. The van der Waals surface area contributed by atoms with Crippen molar-refractivity contribution < 1.29 is 23.9 Å². The third-order valence-corrected chi connectivity index (χ3v) is 3.05. The van der Waals surface area contributed by atoms with Crippen LogP contribution in [0, 0.1) is 0 Å². The first-order valence-electron chi connectivity index (χ1n) is 6.79. The molecule has 0 fully saturated rings. The van der Waals surface area contributed by atoms with Gasteiger partial charge in [-0.05, 0) is 24.6 Å². The Morgan fingerprint density at radius 1 is 1.32 bits per heavy atom. The Labute approximate surface area is 129 Å². The molecule has 0 bridgehead atoms. The summed E-state index contributed by atoms with van der Waals surface area (Å²) in [6.45, 7) is 3.89. The summed E-state index contributed by atoms with van der Waals surface area (Å²) in [5, 5.41) is 2.68. The van der Waals surface area contributed by atoms with Gasteiger partial charge in [0.1, 0.15) is 12.6 Å². The number of hydrogen-bond acceptors (Lipinski definition) is 6. The Hall–Kier alpha value is -2.47. The molecule has 0 aliphatic heterocycles. The number of hydrogen-bond donors (Lipinski definition) is 1. The van der Waals surface area contributed by atoms with E-state index in [0.29, 0.717) is 0 Å². The van der Waals surface area contributed by atoms with Crippen molar-refractivity contribution in [2.24, 2.45) is 0 Å². The van der Waals surface area contributed by atoms with E-state index < -0.39 is 18.0 Å². The Kier molecular flexibility index (Phi) is 7.56. The second kappa shape index (κ2) is 9.46. The normalized spacial score (nSPS) is 11.3. The molecule has 0 aromatic heterocycles. The predicted molar refractivity (Wildman–Crippen MR) is 80.6 cm³/mol. The van der Waals surface area contributed by atoms with E-state index in [1.807, 2.05) is 24.3 Å². The molecule has 1 rings (SSSR count). The first kappa shape index (κ1) is 17.6. The van der Waals surface area contributed by atoms with Crippen LogP contribution in [0.25, 0.3) is 6.08 Å². The number of carbonyl (C=O) groups excluding carboxylic acids is 3. The predicted octanol–water partition coefficient (Wildman–Crippen LogP) is 1.44. The third kappa shape index (κ3) is 5.88. The minimum atomic E-state index is -0.718. The molecule has 0 saturated carbocycles. The fourth-order valence-corrected chi connectivity index (χ4v) is 1.76. The fourth-order valence-electron chi connectivity index (χ4n) is 1.76. The molecule has 1 N–H and O–H groups in total. The molecule has 6 nitrogen and oxygen atoms in total. The molecular formula is C16H19NO5. The summed E-state index contributed by atoms with van der Waals surface area (Å²) in [4.78, 5) is 33.1. The minimum Gasteiger partial charge on any atom is -0.461 e. The molecule has 118 valence electrons. The second-order valence-corrected chi connectivity index (χ2v) is 4.52. The van der Waals surface area contributed by atoms with E-state index >= 15 is 0 Å². The van der Waals surface area contributed by atoms with Crippen molar-refractivity contribution in [2.45, 2.75) is 25.5 Å². The zero-order valence-electron chi connectivity index (χ0n) is 12.4. The van der Waals surface area contributed by atoms with Crippen LogP contribution in [0.1, 0.15) is 24.0 Å². The maximum atomic E-state index is 11.7. The maximum absolute atomic E-state index is 11.7. The van der Waals surface area contributed by atoms with Crippen molar-refractivity contribution >= 4 is 24.5 Å². The smallest absolute Gasteiger partial charge is 0.330 e. The third-order valence-electron chi connectivity index (χ3n) is 3.05. The van der Waals surface area contributed by atoms with Crippen molar-refractivity contribution in [3.8, 4) is 0 Å². The lowest BCUT2D eigenvalue weighted by Gasteiger charge is -2.12. The lowest BCUT2D eigenvalue weighted by atomic mass is 10.1. The molecule has 0 heterocycles. The number of nitrogens with one attached hydrogen (secondary N) is 1. The molecule has 0 radical (unpaired) electrons. The highest BCUT2D eigenvalue weighted by molar-refractivity contribution is 5.82. The van der Waals surface area contributed by atoms with Gasteiger partial charge in [0.15, 0.2) is 0 Å². The summed E-state index contributed by atoms with van der Waals surface area (Å²) < 4.78 is 9.36. The first-order chi connectivity index (χ1) is 10.6. The van der Waals surface area contributed by atoms with E-state index in [-0.39, 0.29) is 25.9 Å². The maximum Gasteiger partial charge on any atom is 0.330 e. The van der Waals surface area contributed by atoms with Gasteiger partial charge in [0.25, 0.3) is 0 Å². The average molecular weight is 305 g/mol. The van der Waals surface area contributed by atoms with Crippen LogP contribution >= 0.6 is 0 Å². The molecule has 0 spiro atoms. The van der Waals surface area contributed by atoms with Crippen LogP contribution in [0.2, 0.25) is 0 Å². The highest BCUT2D eigenvalue weighted by atomic mass is 16.6. The quantitative estimate of drug-likeness (QED) is 0.422. The highest BCUT2D eigenvalue weighted by Gasteiger charge is 2.19. The van der Waals surface area contributed by atoms with Crippen molar-refractivity contribution in [1.82, 2.24) is 5.32 Å². The molecule has 1 atom stereocenters. The molecule has 1 aromatic carbocycles. The van der Waals surface area contributed by atoms with Gasteiger partial charge in [-0.3, -0.25) is 9.59 Å². The molecule has 1 unspecified atom stereocenters. The van der Waals surface area contributed by atoms with E-state index in [0.717, 1.165) is 11.1 Å². The second-order valence-electron chi connectivity index (χ2n) is 4.52. The SMILES string of the molecule is C=Cc1ccc(COC(=O)CCC(NC)C(=O)OC=O)cc1. The van der Waals surface area contributed by atoms with Crippen LogP contribution < -0.4 is 5.32 Å². The number of ether oxygens (including phenoxy) is 2. The fraction of sp³-hybridized carbons (Fsp3) is 0.312. The van der Waals surface area contributed by atoms with E-state index in [2.05, 4.69) is 16.6 Å². The van der Waals surface area contributed by atoms with Crippen LogP contribution in [0.5, 0.6) is 0 Å². The van der Waals surface area contributed by atoms with Gasteiger partial charge >= 0.3 is 18.4 Å². The molecular weight excluding hydrogens is 286 g/mol. The standard InChI is InChI=1S/C16H19NO5/c1-3-12-4-6-13(7-5-12)10-21-15(19)9-8-14(17-2)16(20)22-11-18/h3-7,11,14,17H,1,8-10H2,2H3. The highest BCUT2D eigenvalue weighted by Crippen LogP contribution is 2.08. The Bertz CT molecular complexity index is 524. The summed E-state index contributed by atoms with van der Waals surface area (Å²) in [5.74, 6) is -1.14. The number of rotatable bonds is 9. The van der Waals surface area contributed by atoms with Gasteiger partial charge in [-0.15, -0.1) is 0 Å². The lowest BCUT2D eigenvalue weighted by molar-refractivity contribution is -0.153. The van der Waals surface area contributed by atoms with Crippen LogP contribution in [-0.2, 0) is 30.5 Å². The van der Waals surface area contributed by atoms with E-state index in [1.165, 1.54) is 0 Å². The Balaban J connectivity index is 2.37. The van der Waals surface area contributed by atoms with Crippen molar-refractivity contribution in [3.05, 3.63) is 42.0 Å². The average Bonchev–Trinajstić information content (AvgIpc) is 2.54. The summed E-state index contributed by atoms with van der Waals surface area (Å²) >= 11 is 0. The first-order valence-corrected chi connectivity index (χ1v) is 6.79. The number of likely N-dealkylation sites (N-methyl/N-ethyl adjacent to an activating group) is 1. The minimum absolute atomic E-state index is 0.0458. The van der Waals surface area contributed by atoms with Crippen LogP contribution in [0.4, 0.5) is 0 Å². The van der Waals surface area contributed by atoms with Crippen molar-refractivity contribution in [3.63, 3.8) is 0 Å². The monoisotopic (exact) mass is 305 g/mol. The van der Waals surface area contributed by atoms with Crippen molar-refractivity contribution in [2.75, 3.05) is 7.05 Å². The van der Waals surface area contributed by atoms with Gasteiger partial charge in [-0.25, -0.2) is 4.79 Å². The number of esters is 2. The Morgan fingerprint density at radius 2 is 2.00 bits per heavy atom. The zero-order valence-corrected chi connectivity index (χ0v) is 12.4. The number of carbonyl (C=O) groups is 3. The van der Waals surface area contributed by atoms with E-state index in [9.17, 15) is 14.4 Å². The van der Waals surface area contributed by atoms with Crippen molar-refractivity contribution in [1.29, 1.82) is 0 Å². The largest absolute Gasteiger partial charge is 0.461 e. The summed E-state index contributed by atoms with van der Waals surface area (Å²) in [5.41, 5.74) is 1.85. The molecule has 6 heteroatoms. The summed E-state index contributed by atoms with van der Waals surface area (Å²) in [6.07, 6.45) is 1.97. The molecule has 0 saturated heterocycles. The van der Waals surface area contributed by atoms with Gasteiger partial charge in [0, 0.05) is 6.42 Å². The molecule has 0 aliphatic rings. The Morgan fingerprint density at radius 3 is 2.55 bits per heavy atom. The van der Waals surface area contributed by atoms with Crippen LogP contribution in [0.15, 0.2) is 30.8 Å². The molecule has 22 heavy (non-hydrogen) atoms. The molecule has 0 aliphatic carbocycles. The zero-order chi connectivity index (χ0) is 16.4. The van der Waals surface area contributed by atoms with E-state index in [4.69, 9.17) is 4.74 Å².